The van der Waals surface area contributed by atoms with Crippen LogP contribution in [0.5, 0.6) is 0 Å². The molecule has 0 aliphatic heterocycles. The fourth-order valence-corrected chi connectivity index (χ4v) is 12.2. The maximum atomic E-state index is 12.5. The Morgan fingerprint density at radius 1 is 0.300 bits per heavy atom. The molecule has 0 aromatic rings. The summed E-state index contributed by atoms with van der Waals surface area (Å²) in [5.41, 5.74) is 0. The summed E-state index contributed by atoms with van der Waals surface area (Å²) in [7, 11) is 0. The zero-order valence-electron chi connectivity index (χ0n) is 54.9. The summed E-state index contributed by atoms with van der Waals surface area (Å²) in [5.74, 6) is 0.000112. The molecule has 6 heteroatoms. The van der Waals surface area contributed by atoms with Gasteiger partial charge in [-0.05, 0) is 25.7 Å². The second-order valence-corrected chi connectivity index (χ2v) is 26.0. The number of rotatable bonds is 71. The molecule has 0 aliphatic rings. The fraction of sp³-hybridized carbons (Fsp3) is 0.973. The lowest BCUT2D eigenvalue weighted by molar-refractivity contribution is -0.143. The highest BCUT2D eigenvalue weighted by Crippen LogP contribution is 2.20. The van der Waals surface area contributed by atoms with Gasteiger partial charge in [-0.25, -0.2) is 0 Å². The monoisotopic (exact) mass is 1130 g/mol. The van der Waals surface area contributed by atoms with Gasteiger partial charge in [-0.1, -0.05) is 399 Å². The van der Waals surface area contributed by atoms with Crippen molar-refractivity contribution in [3.63, 3.8) is 0 Å². The Morgan fingerprint density at radius 2 is 0.512 bits per heavy atom. The highest BCUT2D eigenvalue weighted by atomic mass is 16.5. The van der Waals surface area contributed by atoms with E-state index >= 15 is 0 Å². The summed E-state index contributed by atoms with van der Waals surface area (Å²) >= 11 is 0. The minimum absolute atomic E-state index is 0.0266. The Labute approximate surface area is 502 Å². The molecular weight excluding hydrogens is 983 g/mol. The molecule has 0 saturated heterocycles. The van der Waals surface area contributed by atoms with E-state index in [1.807, 2.05) is 0 Å². The van der Waals surface area contributed by atoms with Crippen LogP contribution in [0.1, 0.15) is 438 Å². The van der Waals surface area contributed by atoms with Crippen LogP contribution in [0.15, 0.2) is 0 Å². The molecule has 0 spiro atoms. The Hall–Kier alpha value is -1.14. The van der Waals surface area contributed by atoms with Crippen LogP contribution in [0.3, 0.4) is 0 Å². The third kappa shape index (κ3) is 66.0. The molecule has 1 amide bonds. The van der Waals surface area contributed by atoms with Crippen LogP contribution in [0.4, 0.5) is 0 Å². The quantitative estimate of drug-likeness (QED) is 0.0417. The van der Waals surface area contributed by atoms with Crippen molar-refractivity contribution >= 4 is 11.9 Å². The Balaban J connectivity index is 3.27. The first kappa shape index (κ1) is 78.9. The van der Waals surface area contributed by atoms with Crippen LogP contribution >= 0.6 is 0 Å². The molecule has 0 aromatic carbocycles. The van der Waals surface area contributed by atoms with Crippen molar-refractivity contribution in [2.45, 2.75) is 450 Å². The van der Waals surface area contributed by atoms with E-state index in [4.69, 9.17) is 4.74 Å². The number of carbonyl (C=O) groups excluding carboxylic acids is 2. The first-order valence-corrected chi connectivity index (χ1v) is 37.3. The van der Waals surface area contributed by atoms with Gasteiger partial charge in [-0.2, -0.15) is 0 Å². The van der Waals surface area contributed by atoms with Gasteiger partial charge >= 0.3 is 5.97 Å². The van der Waals surface area contributed by atoms with E-state index in [1.165, 1.54) is 366 Å². The third-order valence-electron chi connectivity index (χ3n) is 17.9. The van der Waals surface area contributed by atoms with E-state index < -0.39 is 12.1 Å². The van der Waals surface area contributed by atoms with Gasteiger partial charge in [0.05, 0.1) is 25.4 Å². The third-order valence-corrected chi connectivity index (χ3v) is 17.9. The standard InChI is InChI=1S/C74H147NO5/c1-3-5-7-9-11-13-15-17-39-44-48-52-56-60-64-68-74(79)80-69-65-61-57-53-49-45-41-38-36-34-32-30-28-26-24-22-20-18-19-21-23-25-27-29-31-33-35-37-40-43-47-51-55-59-63-67-73(78)75-71(70-76)72(77)66-62-58-54-50-46-42-16-14-12-10-8-6-4-2/h71-72,76-77H,3-70H2,1-2H3,(H,75,78). The van der Waals surface area contributed by atoms with Crippen molar-refractivity contribution in [2.24, 2.45) is 0 Å². The van der Waals surface area contributed by atoms with E-state index in [-0.39, 0.29) is 18.5 Å². The lowest BCUT2D eigenvalue weighted by Gasteiger charge is -2.22. The molecule has 2 unspecified atom stereocenters. The molecule has 478 valence electrons. The molecule has 0 fully saturated rings. The summed E-state index contributed by atoms with van der Waals surface area (Å²) < 4.78 is 5.51. The van der Waals surface area contributed by atoms with Crippen LogP contribution in [0.25, 0.3) is 0 Å². The Bertz CT molecular complexity index is 1160. The SMILES string of the molecule is CCCCCCCCCCCCCCCCCC(=O)OCCCCCCCCCCCCCCCCCCCCCCCCCCCCCCCCCCCCCC(=O)NC(CO)C(O)CCCCCCCCCCCCCCC. The molecule has 0 bridgehead atoms. The zero-order chi connectivity index (χ0) is 57.8. The largest absolute Gasteiger partial charge is 0.466 e. The lowest BCUT2D eigenvalue weighted by Crippen LogP contribution is -2.45. The predicted octanol–water partition coefficient (Wildman–Crippen LogP) is 24.2. The number of carbonyl (C=O) groups is 2. The van der Waals surface area contributed by atoms with Crippen molar-refractivity contribution in [3.8, 4) is 0 Å². The van der Waals surface area contributed by atoms with Crippen molar-refractivity contribution in [2.75, 3.05) is 13.2 Å². The summed E-state index contributed by atoms with van der Waals surface area (Å²) in [6.07, 6.45) is 86.2. The molecule has 0 rings (SSSR count). The number of aliphatic hydroxyl groups excluding tert-OH is 2. The maximum Gasteiger partial charge on any atom is 0.305 e. The van der Waals surface area contributed by atoms with E-state index in [0.717, 1.165) is 38.5 Å². The summed E-state index contributed by atoms with van der Waals surface area (Å²) in [5, 5.41) is 23.3. The van der Waals surface area contributed by atoms with Gasteiger partial charge in [0, 0.05) is 12.8 Å². The fourth-order valence-electron chi connectivity index (χ4n) is 12.2. The Kier molecular flexibility index (Phi) is 69.3. The summed E-state index contributed by atoms with van der Waals surface area (Å²) in [4.78, 5) is 24.6. The number of amides is 1. The van der Waals surface area contributed by atoms with E-state index in [2.05, 4.69) is 19.2 Å². The number of esters is 1. The summed E-state index contributed by atoms with van der Waals surface area (Å²) in [6, 6.07) is -0.535. The first-order chi connectivity index (χ1) is 39.5. The van der Waals surface area contributed by atoms with Crippen LogP contribution < -0.4 is 5.32 Å². The van der Waals surface area contributed by atoms with Crippen molar-refractivity contribution < 1.29 is 24.5 Å². The predicted molar refractivity (Wildman–Crippen MR) is 352 cm³/mol. The van der Waals surface area contributed by atoms with Gasteiger partial charge in [0.15, 0.2) is 0 Å². The second kappa shape index (κ2) is 70.3. The minimum atomic E-state index is -0.658. The van der Waals surface area contributed by atoms with Gasteiger partial charge < -0.3 is 20.3 Å². The van der Waals surface area contributed by atoms with E-state index in [9.17, 15) is 19.8 Å². The molecule has 3 N–H and O–H groups in total. The number of hydrogen-bond acceptors (Lipinski definition) is 5. The molecule has 0 saturated carbocycles. The zero-order valence-corrected chi connectivity index (χ0v) is 54.9. The first-order valence-electron chi connectivity index (χ1n) is 37.3. The van der Waals surface area contributed by atoms with Gasteiger partial charge in [-0.15, -0.1) is 0 Å². The number of unbranched alkanes of at least 4 members (excludes halogenated alkanes) is 60. The van der Waals surface area contributed by atoms with Crippen LogP contribution in [-0.4, -0.2) is 47.4 Å². The number of aliphatic hydroxyl groups is 2. The molecule has 2 atom stereocenters. The average Bonchev–Trinajstić information content (AvgIpc) is 3.46. The maximum absolute atomic E-state index is 12.5. The molecule has 0 aromatic heterocycles. The van der Waals surface area contributed by atoms with Crippen LogP contribution in [-0.2, 0) is 14.3 Å². The molecule has 80 heavy (non-hydrogen) atoms. The van der Waals surface area contributed by atoms with Crippen LogP contribution in [0, 0.1) is 0 Å². The van der Waals surface area contributed by atoms with Crippen LogP contribution in [0.2, 0.25) is 0 Å². The average molecular weight is 1130 g/mol. The Morgan fingerprint density at radius 3 is 0.762 bits per heavy atom. The highest BCUT2D eigenvalue weighted by molar-refractivity contribution is 5.76. The molecule has 0 radical (unpaired) electrons. The topological polar surface area (TPSA) is 95.9 Å². The highest BCUT2D eigenvalue weighted by Gasteiger charge is 2.20. The molecular formula is C74H147NO5. The van der Waals surface area contributed by atoms with Crippen molar-refractivity contribution in [1.82, 2.24) is 5.32 Å². The summed E-state index contributed by atoms with van der Waals surface area (Å²) in [6.45, 7) is 5.00. The van der Waals surface area contributed by atoms with Gasteiger partial charge in [0.25, 0.3) is 0 Å². The van der Waals surface area contributed by atoms with E-state index in [1.54, 1.807) is 0 Å². The molecule has 6 nitrogen and oxygen atoms in total. The molecule has 0 heterocycles. The van der Waals surface area contributed by atoms with Gasteiger partial charge in [0.1, 0.15) is 0 Å². The van der Waals surface area contributed by atoms with Gasteiger partial charge in [-0.3, -0.25) is 9.59 Å². The molecule has 0 aliphatic carbocycles. The normalized spacial score (nSPS) is 12.4. The second-order valence-electron chi connectivity index (χ2n) is 26.0. The smallest absolute Gasteiger partial charge is 0.305 e. The van der Waals surface area contributed by atoms with Crippen molar-refractivity contribution in [3.05, 3.63) is 0 Å². The number of ether oxygens (including phenoxy) is 1. The minimum Gasteiger partial charge on any atom is -0.466 e. The van der Waals surface area contributed by atoms with Crippen molar-refractivity contribution in [1.29, 1.82) is 0 Å². The van der Waals surface area contributed by atoms with E-state index in [0.29, 0.717) is 25.9 Å². The number of hydrogen-bond donors (Lipinski definition) is 3. The van der Waals surface area contributed by atoms with Gasteiger partial charge in [0.2, 0.25) is 5.91 Å². The lowest BCUT2D eigenvalue weighted by atomic mass is 10.0. The number of nitrogens with one attached hydrogen (secondary N) is 1.